The van der Waals surface area contributed by atoms with Gasteiger partial charge in [0.2, 0.25) is 5.88 Å². The predicted molar refractivity (Wildman–Crippen MR) is 124 cm³/mol. The Morgan fingerprint density at radius 2 is 2.03 bits per heavy atom. The minimum absolute atomic E-state index is 0.0378. The molecule has 13 heteroatoms. The van der Waals surface area contributed by atoms with Crippen LogP contribution in [0.3, 0.4) is 0 Å². The molecule has 1 atom stereocenters. The van der Waals surface area contributed by atoms with E-state index in [0.29, 0.717) is 26.2 Å². The molecule has 2 saturated heterocycles. The quantitative estimate of drug-likeness (QED) is 0.402. The maximum Gasteiger partial charge on any atom is 0.302 e. The highest BCUT2D eigenvalue weighted by molar-refractivity contribution is 7.98. The highest BCUT2D eigenvalue weighted by Gasteiger charge is 2.29. The third-order valence-electron chi connectivity index (χ3n) is 5.67. The van der Waals surface area contributed by atoms with Gasteiger partial charge in [-0.1, -0.05) is 23.9 Å². The zero-order valence-electron chi connectivity index (χ0n) is 18.7. The van der Waals surface area contributed by atoms with Crippen molar-refractivity contribution in [1.29, 1.82) is 0 Å². The van der Waals surface area contributed by atoms with Gasteiger partial charge in [0.05, 0.1) is 13.2 Å². The number of hydrogen-bond donors (Lipinski definition) is 1. The first-order valence-corrected chi connectivity index (χ1v) is 13.4. The van der Waals surface area contributed by atoms with Crippen molar-refractivity contribution >= 4 is 27.8 Å². The Hall–Kier alpha value is -2.06. The van der Waals surface area contributed by atoms with Crippen LogP contribution in [0.2, 0.25) is 0 Å². The topological polar surface area (TPSA) is 96.9 Å². The molecule has 9 nitrogen and oxygen atoms in total. The number of rotatable bonds is 9. The number of nitrogens with one attached hydrogen (secondary N) is 1. The number of aromatic nitrogens is 2. The molecule has 0 bridgehead atoms. The first-order valence-electron chi connectivity index (χ1n) is 10.9. The molecule has 1 aromatic carbocycles. The molecular weight excluding hydrogens is 488 g/mol. The molecule has 4 rings (SSSR count). The molecule has 2 aromatic rings. The highest BCUT2D eigenvalue weighted by atomic mass is 32.2. The van der Waals surface area contributed by atoms with Crippen molar-refractivity contribution in [3.8, 4) is 5.88 Å². The molecule has 1 N–H and O–H groups in total. The summed E-state index contributed by atoms with van der Waals surface area (Å²) in [4.78, 5) is 10.6. The van der Waals surface area contributed by atoms with E-state index in [0.717, 1.165) is 43.8 Å². The van der Waals surface area contributed by atoms with Gasteiger partial charge in [0, 0.05) is 56.7 Å². The summed E-state index contributed by atoms with van der Waals surface area (Å²) in [6, 6.07) is 5.30. The molecule has 2 fully saturated rings. The van der Waals surface area contributed by atoms with E-state index < -0.39 is 21.8 Å². The van der Waals surface area contributed by atoms with Crippen LogP contribution in [0.4, 0.5) is 14.6 Å². The van der Waals surface area contributed by atoms with Crippen LogP contribution in [0.25, 0.3) is 0 Å². The van der Waals surface area contributed by atoms with Crippen molar-refractivity contribution in [2.75, 3.05) is 51.2 Å². The van der Waals surface area contributed by atoms with Crippen LogP contribution in [0.5, 0.6) is 5.88 Å². The fourth-order valence-corrected chi connectivity index (χ4v) is 5.82. The largest absolute Gasteiger partial charge is 0.481 e. The van der Waals surface area contributed by atoms with E-state index in [2.05, 4.69) is 19.6 Å². The van der Waals surface area contributed by atoms with Crippen LogP contribution in [0, 0.1) is 11.6 Å². The lowest BCUT2D eigenvalue weighted by molar-refractivity contribution is 0.0618. The standard InChI is InChI=1S/C21H27F2N5O4S2/c1-31-19-12-18(24-21(25-19)33-14-15-4-2-6-17(22)20(15)23)26-34(29,30)28-9-7-27(8-10-28)13-16-5-3-11-32-16/h2,4,6,12,16H,3,5,7-11,13-14H2,1H3,(H,24,25,26). The first-order chi connectivity index (χ1) is 16.3. The van der Waals surface area contributed by atoms with Gasteiger partial charge in [-0.2, -0.15) is 17.7 Å². The van der Waals surface area contributed by atoms with Crippen LogP contribution >= 0.6 is 11.8 Å². The number of hydrogen-bond acceptors (Lipinski definition) is 8. The van der Waals surface area contributed by atoms with E-state index in [1.807, 2.05) is 0 Å². The summed E-state index contributed by atoms with van der Waals surface area (Å²) in [7, 11) is -2.45. The van der Waals surface area contributed by atoms with E-state index in [4.69, 9.17) is 9.47 Å². The number of ether oxygens (including phenoxy) is 2. The molecule has 0 aliphatic carbocycles. The summed E-state index contributed by atoms with van der Waals surface area (Å²) in [6.07, 6.45) is 2.34. The van der Waals surface area contributed by atoms with E-state index in [9.17, 15) is 17.2 Å². The van der Waals surface area contributed by atoms with Crippen molar-refractivity contribution in [1.82, 2.24) is 19.2 Å². The number of piperazine rings is 1. The SMILES string of the molecule is COc1cc(NS(=O)(=O)N2CCN(CC3CCCO3)CC2)nc(SCc2cccc(F)c2F)n1. The average Bonchev–Trinajstić information content (AvgIpc) is 3.33. The van der Waals surface area contributed by atoms with Crippen molar-refractivity contribution in [3.63, 3.8) is 0 Å². The summed E-state index contributed by atoms with van der Waals surface area (Å²) in [5.41, 5.74) is 0.152. The first kappa shape index (κ1) is 25.0. The zero-order valence-corrected chi connectivity index (χ0v) is 20.4. The molecule has 2 aliphatic heterocycles. The number of nitrogens with zero attached hydrogens (tertiary/aromatic N) is 4. The molecule has 0 amide bonds. The van der Waals surface area contributed by atoms with Crippen LogP contribution in [0.1, 0.15) is 18.4 Å². The van der Waals surface area contributed by atoms with Crippen LogP contribution in [-0.4, -0.2) is 80.1 Å². The van der Waals surface area contributed by atoms with E-state index in [1.165, 1.54) is 29.6 Å². The molecule has 0 saturated carbocycles. The van der Waals surface area contributed by atoms with Crippen molar-refractivity contribution in [2.45, 2.75) is 29.9 Å². The number of halogens is 2. The van der Waals surface area contributed by atoms with Crippen molar-refractivity contribution in [3.05, 3.63) is 41.5 Å². The number of thioether (sulfide) groups is 1. The van der Waals surface area contributed by atoms with Gasteiger partial charge in [-0.25, -0.2) is 13.8 Å². The molecule has 2 aliphatic rings. The second kappa shape index (κ2) is 11.1. The lowest BCUT2D eigenvalue weighted by Crippen LogP contribution is -2.51. The molecule has 3 heterocycles. The summed E-state index contributed by atoms with van der Waals surface area (Å²) in [5.74, 6) is -1.62. The molecule has 34 heavy (non-hydrogen) atoms. The van der Waals surface area contributed by atoms with Crippen LogP contribution in [0.15, 0.2) is 29.4 Å². The normalized spacial score (nSPS) is 19.9. The summed E-state index contributed by atoms with van der Waals surface area (Å²) in [6.45, 7) is 3.55. The lowest BCUT2D eigenvalue weighted by atomic mass is 10.2. The fraction of sp³-hybridized carbons (Fsp3) is 0.524. The minimum Gasteiger partial charge on any atom is -0.481 e. The second-order valence-electron chi connectivity index (χ2n) is 8.02. The minimum atomic E-state index is -3.85. The third-order valence-corrected chi connectivity index (χ3v) is 8.08. The van der Waals surface area contributed by atoms with Crippen molar-refractivity contribution in [2.24, 2.45) is 0 Å². The number of methoxy groups -OCH3 is 1. The van der Waals surface area contributed by atoms with Crippen molar-refractivity contribution < 1.29 is 26.7 Å². The Morgan fingerprint density at radius 1 is 1.24 bits per heavy atom. The molecule has 1 unspecified atom stereocenters. The summed E-state index contributed by atoms with van der Waals surface area (Å²) >= 11 is 1.04. The molecular formula is C21H27F2N5O4S2. The molecule has 186 valence electrons. The van der Waals surface area contributed by atoms with Gasteiger partial charge in [0.15, 0.2) is 16.8 Å². The van der Waals surface area contributed by atoms with Gasteiger partial charge in [0.1, 0.15) is 5.82 Å². The van der Waals surface area contributed by atoms with Gasteiger partial charge >= 0.3 is 10.2 Å². The Morgan fingerprint density at radius 3 is 2.74 bits per heavy atom. The summed E-state index contributed by atoms with van der Waals surface area (Å²) < 4.78 is 68.0. The molecule has 0 spiro atoms. The maximum absolute atomic E-state index is 13.9. The van der Waals surface area contributed by atoms with Gasteiger partial charge in [-0.3, -0.25) is 9.62 Å². The Bertz CT molecular complexity index is 1090. The smallest absolute Gasteiger partial charge is 0.302 e. The van der Waals surface area contributed by atoms with Gasteiger partial charge < -0.3 is 9.47 Å². The van der Waals surface area contributed by atoms with Gasteiger partial charge in [-0.05, 0) is 18.9 Å². The number of benzene rings is 1. The van der Waals surface area contributed by atoms with Gasteiger partial charge in [0.25, 0.3) is 0 Å². The van der Waals surface area contributed by atoms with E-state index in [1.54, 1.807) is 0 Å². The lowest BCUT2D eigenvalue weighted by Gasteiger charge is -2.34. The van der Waals surface area contributed by atoms with E-state index in [-0.39, 0.29) is 34.3 Å². The monoisotopic (exact) mass is 515 g/mol. The van der Waals surface area contributed by atoms with Crippen LogP contribution < -0.4 is 9.46 Å². The summed E-state index contributed by atoms with van der Waals surface area (Å²) in [5, 5.41) is 0.169. The predicted octanol–water partition coefficient (Wildman–Crippen LogP) is 2.51. The van der Waals surface area contributed by atoms with E-state index >= 15 is 0 Å². The van der Waals surface area contributed by atoms with Crippen LogP contribution in [-0.2, 0) is 20.7 Å². The average molecular weight is 516 g/mol. The molecule has 0 radical (unpaired) electrons. The fourth-order valence-electron chi connectivity index (χ4n) is 3.85. The van der Waals surface area contributed by atoms with Gasteiger partial charge in [-0.15, -0.1) is 0 Å². The second-order valence-corrected chi connectivity index (χ2v) is 10.6. The highest BCUT2D eigenvalue weighted by Crippen LogP contribution is 2.26. The Labute approximate surface area is 202 Å². The molecule has 1 aromatic heterocycles. The maximum atomic E-state index is 13.9. The number of anilines is 1. The zero-order chi connectivity index (χ0) is 24.1. The third kappa shape index (κ3) is 6.33. The Balaban J connectivity index is 1.38. The Kier molecular flexibility index (Phi) is 8.19.